The van der Waals surface area contributed by atoms with Gasteiger partial charge in [-0.2, -0.15) is 0 Å². The number of hydrogen-bond acceptors (Lipinski definition) is 7. The fourth-order valence-electron chi connectivity index (χ4n) is 3.26. The zero-order valence-corrected chi connectivity index (χ0v) is 18.6. The SMILES string of the molecule is CCOC(=O)c1ccc(NC(=O)C(C)OC(=O)c2ccccc2-c2nc3ccccc3o2)cc1. The molecular formula is C26H22N2O6. The second kappa shape index (κ2) is 9.99. The van der Waals surface area contributed by atoms with Crippen LogP contribution in [0.4, 0.5) is 5.69 Å². The molecule has 1 N–H and O–H groups in total. The Labute approximate surface area is 195 Å². The number of amides is 1. The van der Waals surface area contributed by atoms with E-state index in [1.807, 2.05) is 18.2 Å². The first-order valence-electron chi connectivity index (χ1n) is 10.7. The quantitative estimate of drug-likeness (QED) is 0.394. The van der Waals surface area contributed by atoms with E-state index in [9.17, 15) is 14.4 Å². The fraction of sp³-hybridized carbons (Fsp3) is 0.154. The van der Waals surface area contributed by atoms with Crippen LogP contribution in [-0.2, 0) is 14.3 Å². The summed E-state index contributed by atoms with van der Waals surface area (Å²) in [6, 6.07) is 20.3. The van der Waals surface area contributed by atoms with Crippen LogP contribution in [-0.4, -0.2) is 35.5 Å². The van der Waals surface area contributed by atoms with Crippen LogP contribution in [0.15, 0.2) is 77.2 Å². The number of hydrogen-bond donors (Lipinski definition) is 1. The second-order valence-corrected chi connectivity index (χ2v) is 7.37. The summed E-state index contributed by atoms with van der Waals surface area (Å²) in [5.41, 5.74) is 2.78. The summed E-state index contributed by atoms with van der Waals surface area (Å²) in [5.74, 6) is -1.36. The number of carbonyl (C=O) groups excluding carboxylic acids is 3. The van der Waals surface area contributed by atoms with Gasteiger partial charge in [-0.15, -0.1) is 0 Å². The van der Waals surface area contributed by atoms with E-state index in [0.717, 1.165) is 0 Å². The molecule has 0 spiro atoms. The molecule has 1 heterocycles. The van der Waals surface area contributed by atoms with Crippen LogP contribution >= 0.6 is 0 Å². The number of carbonyl (C=O) groups is 3. The van der Waals surface area contributed by atoms with E-state index >= 15 is 0 Å². The van der Waals surface area contributed by atoms with Crippen molar-refractivity contribution in [1.82, 2.24) is 4.98 Å². The number of nitrogens with one attached hydrogen (secondary N) is 1. The number of para-hydroxylation sites is 2. The Morgan fingerprint density at radius 2 is 1.65 bits per heavy atom. The molecule has 1 atom stereocenters. The van der Waals surface area contributed by atoms with Crippen molar-refractivity contribution in [3.63, 3.8) is 0 Å². The third-order valence-electron chi connectivity index (χ3n) is 4.99. The third kappa shape index (κ3) is 4.96. The largest absolute Gasteiger partial charge is 0.462 e. The van der Waals surface area contributed by atoms with E-state index in [1.54, 1.807) is 61.5 Å². The number of aromatic nitrogens is 1. The Kier molecular flexibility index (Phi) is 6.68. The van der Waals surface area contributed by atoms with E-state index in [2.05, 4.69) is 10.3 Å². The molecule has 0 saturated heterocycles. The van der Waals surface area contributed by atoms with Gasteiger partial charge < -0.3 is 19.2 Å². The number of anilines is 1. The highest BCUT2D eigenvalue weighted by molar-refractivity contribution is 6.00. The molecule has 1 aromatic heterocycles. The van der Waals surface area contributed by atoms with Crippen LogP contribution < -0.4 is 5.32 Å². The zero-order chi connectivity index (χ0) is 24.1. The van der Waals surface area contributed by atoms with Crippen LogP contribution in [0.1, 0.15) is 34.6 Å². The smallest absolute Gasteiger partial charge is 0.339 e. The van der Waals surface area contributed by atoms with Crippen LogP contribution in [0.3, 0.4) is 0 Å². The van der Waals surface area contributed by atoms with Crippen molar-refractivity contribution < 1.29 is 28.3 Å². The van der Waals surface area contributed by atoms with Crippen LogP contribution in [0, 0.1) is 0 Å². The highest BCUT2D eigenvalue weighted by Gasteiger charge is 2.23. The average Bonchev–Trinajstić information content (AvgIpc) is 3.29. The molecule has 34 heavy (non-hydrogen) atoms. The van der Waals surface area contributed by atoms with Crippen LogP contribution in [0.2, 0.25) is 0 Å². The molecule has 8 nitrogen and oxygen atoms in total. The first-order chi connectivity index (χ1) is 16.5. The summed E-state index contributed by atoms with van der Waals surface area (Å²) >= 11 is 0. The Hall–Kier alpha value is -4.46. The number of esters is 2. The number of nitrogens with zero attached hydrogens (tertiary/aromatic N) is 1. The fourth-order valence-corrected chi connectivity index (χ4v) is 3.26. The van der Waals surface area contributed by atoms with Crippen molar-refractivity contribution in [2.75, 3.05) is 11.9 Å². The second-order valence-electron chi connectivity index (χ2n) is 7.37. The monoisotopic (exact) mass is 458 g/mol. The molecule has 0 bridgehead atoms. The summed E-state index contributed by atoms with van der Waals surface area (Å²) in [7, 11) is 0. The van der Waals surface area contributed by atoms with Crippen LogP contribution in [0.25, 0.3) is 22.6 Å². The molecule has 1 amide bonds. The molecule has 0 radical (unpaired) electrons. The average molecular weight is 458 g/mol. The van der Waals surface area contributed by atoms with E-state index in [0.29, 0.717) is 27.9 Å². The van der Waals surface area contributed by atoms with E-state index in [1.165, 1.54) is 6.92 Å². The Balaban J connectivity index is 1.44. The van der Waals surface area contributed by atoms with E-state index in [4.69, 9.17) is 13.9 Å². The predicted molar refractivity (Wildman–Crippen MR) is 125 cm³/mol. The summed E-state index contributed by atoms with van der Waals surface area (Å²) in [4.78, 5) is 41.6. The Morgan fingerprint density at radius 1 is 0.941 bits per heavy atom. The molecule has 8 heteroatoms. The summed E-state index contributed by atoms with van der Waals surface area (Å²) in [6.07, 6.45) is -1.08. The molecule has 0 aliphatic heterocycles. The van der Waals surface area contributed by atoms with Gasteiger partial charge in [0.05, 0.1) is 23.3 Å². The predicted octanol–water partition coefficient (Wildman–Crippen LogP) is 4.86. The molecule has 3 aromatic carbocycles. The van der Waals surface area contributed by atoms with Gasteiger partial charge in [-0.25, -0.2) is 14.6 Å². The lowest BCUT2D eigenvalue weighted by Gasteiger charge is -2.14. The van der Waals surface area contributed by atoms with E-state index < -0.39 is 23.9 Å². The van der Waals surface area contributed by atoms with Gasteiger partial charge >= 0.3 is 11.9 Å². The first kappa shape index (κ1) is 22.7. The normalized spacial score (nSPS) is 11.6. The van der Waals surface area contributed by atoms with Crippen molar-refractivity contribution in [1.29, 1.82) is 0 Å². The van der Waals surface area contributed by atoms with Gasteiger partial charge in [-0.05, 0) is 62.4 Å². The van der Waals surface area contributed by atoms with Crippen molar-refractivity contribution >= 4 is 34.6 Å². The van der Waals surface area contributed by atoms with Gasteiger partial charge in [0.2, 0.25) is 5.89 Å². The highest BCUT2D eigenvalue weighted by atomic mass is 16.5. The molecule has 0 aliphatic carbocycles. The highest BCUT2D eigenvalue weighted by Crippen LogP contribution is 2.27. The Bertz CT molecular complexity index is 1310. The van der Waals surface area contributed by atoms with Gasteiger partial charge in [-0.3, -0.25) is 4.79 Å². The molecule has 0 aliphatic rings. The van der Waals surface area contributed by atoms with Gasteiger partial charge in [0.15, 0.2) is 11.7 Å². The maximum absolute atomic E-state index is 12.9. The maximum Gasteiger partial charge on any atom is 0.339 e. The number of fused-ring (bicyclic) bond motifs is 1. The topological polar surface area (TPSA) is 108 Å². The maximum atomic E-state index is 12.9. The number of rotatable bonds is 7. The zero-order valence-electron chi connectivity index (χ0n) is 18.6. The molecular weight excluding hydrogens is 436 g/mol. The van der Waals surface area contributed by atoms with Crippen molar-refractivity contribution in [2.24, 2.45) is 0 Å². The van der Waals surface area contributed by atoms with E-state index in [-0.39, 0.29) is 18.1 Å². The lowest BCUT2D eigenvalue weighted by Crippen LogP contribution is -2.30. The number of oxazole rings is 1. The van der Waals surface area contributed by atoms with Crippen LogP contribution in [0.5, 0.6) is 0 Å². The minimum absolute atomic E-state index is 0.229. The minimum Gasteiger partial charge on any atom is -0.462 e. The van der Waals surface area contributed by atoms with Crippen molar-refractivity contribution in [3.8, 4) is 11.5 Å². The third-order valence-corrected chi connectivity index (χ3v) is 4.99. The number of benzene rings is 3. The first-order valence-corrected chi connectivity index (χ1v) is 10.7. The summed E-state index contributed by atoms with van der Waals surface area (Å²) < 4.78 is 16.1. The molecule has 1 unspecified atom stereocenters. The van der Waals surface area contributed by atoms with Crippen molar-refractivity contribution in [2.45, 2.75) is 20.0 Å². The molecule has 4 rings (SSSR count). The molecule has 172 valence electrons. The van der Waals surface area contributed by atoms with Gasteiger partial charge in [0, 0.05) is 5.69 Å². The standard InChI is InChI=1S/C26H22N2O6/c1-3-32-25(30)17-12-14-18(15-13-17)27-23(29)16(2)33-26(31)20-9-5-4-8-19(20)24-28-21-10-6-7-11-22(21)34-24/h4-16H,3H2,1-2H3,(H,27,29). The van der Waals surface area contributed by atoms with Gasteiger partial charge in [-0.1, -0.05) is 24.3 Å². The lowest BCUT2D eigenvalue weighted by atomic mass is 10.1. The summed E-state index contributed by atoms with van der Waals surface area (Å²) in [6.45, 7) is 3.47. The van der Waals surface area contributed by atoms with Gasteiger partial charge in [0.25, 0.3) is 5.91 Å². The lowest BCUT2D eigenvalue weighted by molar-refractivity contribution is -0.123. The van der Waals surface area contributed by atoms with Crippen molar-refractivity contribution in [3.05, 3.63) is 83.9 Å². The Morgan fingerprint density at radius 3 is 2.38 bits per heavy atom. The molecule has 0 saturated carbocycles. The summed E-state index contributed by atoms with van der Waals surface area (Å²) in [5, 5.41) is 2.66. The number of ether oxygens (including phenoxy) is 2. The molecule has 4 aromatic rings. The van der Waals surface area contributed by atoms with Gasteiger partial charge in [0.1, 0.15) is 5.52 Å². The molecule has 0 fully saturated rings. The minimum atomic E-state index is -1.08.